The van der Waals surface area contributed by atoms with Gasteiger partial charge in [-0.25, -0.2) is 0 Å². The third-order valence-electron chi connectivity index (χ3n) is 6.06. The van der Waals surface area contributed by atoms with E-state index in [1.807, 2.05) is 11.8 Å². The number of nitrogens with zero attached hydrogens (tertiary/aromatic N) is 1. The van der Waals surface area contributed by atoms with Crippen molar-refractivity contribution >= 4 is 16.9 Å². The van der Waals surface area contributed by atoms with E-state index in [9.17, 15) is 0 Å². The van der Waals surface area contributed by atoms with Crippen molar-refractivity contribution in [2.45, 2.75) is 77.2 Å². The molecule has 2 saturated carbocycles. The van der Waals surface area contributed by atoms with Crippen LogP contribution in [-0.4, -0.2) is 23.0 Å². The minimum Gasteiger partial charge on any atom is -0.359 e. The van der Waals surface area contributed by atoms with Crippen molar-refractivity contribution in [2.75, 3.05) is 12.3 Å². The molecule has 0 atom stereocenters. The van der Waals surface area contributed by atoms with Gasteiger partial charge in [-0.2, -0.15) is 0 Å². The SMILES string of the molecule is CCC1(CN=C2NC3(CCC(C)CC3)CS2)CCCC1. The van der Waals surface area contributed by atoms with Gasteiger partial charge in [0.1, 0.15) is 0 Å². The van der Waals surface area contributed by atoms with E-state index in [-0.39, 0.29) is 0 Å². The molecule has 2 nitrogen and oxygen atoms in total. The Balaban J connectivity index is 1.58. The summed E-state index contributed by atoms with van der Waals surface area (Å²) in [5, 5.41) is 5.05. The molecule has 1 aliphatic heterocycles. The standard InChI is InChI=1S/C17H30N2S/c1-3-16(8-4-5-9-16)12-18-15-19-17(13-20-15)10-6-14(2)7-11-17/h14H,3-13H2,1-2H3,(H,18,19). The first kappa shape index (κ1) is 14.7. The molecule has 114 valence electrons. The molecule has 20 heavy (non-hydrogen) atoms. The molecule has 0 bridgehead atoms. The lowest BCUT2D eigenvalue weighted by Crippen LogP contribution is -2.46. The summed E-state index contributed by atoms with van der Waals surface area (Å²) in [6.07, 6.45) is 12.4. The number of thioether (sulfide) groups is 1. The van der Waals surface area contributed by atoms with Gasteiger partial charge in [0.25, 0.3) is 0 Å². The molecule has 2 aliphatic carbocycles. The molecule has 1 heterocycles. The first-order valence-corrected chi connectivity index (χ1v) is 9.59. The van der Waals surface area contributed by atoms with Crippen LogP contribution in [0.2, 0.25) is 0 Å². The third-order valence-corrected chi connectivity index (χ3v) is 7.26. The summed E-state index contributed by atoms with van der Waals surface area (Å²) < 4.78 is 0. The predicted octanol–water partition coefficient (Wildman–Crippen LogP) is 4.60. The van der Waals surface area contributed by atoms with Crippen molar-refractivity contribution in [3.63, 3.8) is 0 Å². The van der Waals surface area contributed by atoms with Gasteiger partial charge >= 0.3 is 0 Å². The quantitative estimate of drug-likeness (QED) is 0.822. The second kappa shape index (κ2) is 5.90. The van der Waals surface area contributed by atoms with Crippen LogP contribution < -0.4 is 5.32 Å². The highest BCUT2D eigenvalue weighted by Crippen LogP contribution is 2.42. The molecule has 0 aromatic heterocycles. The molecule has 3 heteroatoms. The lowest BCUT2D eigenvalue weighted by molar-refractivity contribution is 0.250. The highest BCUT2D eigenvalue weighted by atomic mass is 32.2. The molecular formula is C17H30N2S. The van der Waals surface area contributed by atoms with Gasteiger partial charge in [-0.15, -0.1) is 0 Å². The first-order valence-electron chi connectivity index (χ1n) is 8.61. The van der Waals surface area contributed by atoms with E-state index in [2.05, 4.69) is 19.2 Å². The molecule has 0 aromatic rings. The van der Waals surface area contributed by atoms with Crippen LogP contribution in [0, 0.1) is 11.3 Å². The van der Waals surface area contributed by atoms with E-state index in [1.54, 1.807) is 0 Å². The Hall–Kier alpha value is -0.180. The number of rotatable bonds is 3. The minimum absolute atomic E-state index is 0.394. The van der Waals surface area contributed by atoms with Crippen LogP contribution in [0.5, 0.6) is 0 Å². The van der Waals surface area contributed by atoms with Crippen molar-refractivity contribution in [3.05, 3.63) is 0 Å². The Labute approximate surface area is 128 Å². The number of hydrogen-bond donors (Lipinski definition) is 1. The average Bonchev–Trinajstić information content (AvgIpc) is 3.09. The maximum atomic E-state index is 4.99. The van der Waals surface area contributed by atoms with Gasteiger partial charge in [0.15, 0.2) is 5.17 Å². The van der Waals surface area contributed by atoms with E-state index in [0.29, 0.717) is 11.0 Å². The van der Waals surface area contributed by atoms with Gasteiger partial charge in [0.2, 0.25) is 0 Å². The second-order valence-electron chi connectivity index (χ2n) is 7.56. The Morgan fingerprint density at radius 2 is 1.90 bits per heavy atom. The number of aliphatic imine (C=N–C) groups is 1. The maximum Gasteiger partial charge on any atom is 0.157 e. The first-order chi connectivity index (χ1) is 9.65. The molecule has 1 saturated heterocycles. The molecule has 3 fully saturated rings. The fraction of sp³-hybridized carbons (Fsp3) is 0.941. The number of nitrogens with one attached hydrogen (secondary N) is 1. The van der Waals surface area contributed by atoms with E-state index < -0.39 is 0 Å². The Morgan fingerprint density at radius 1 is 1.20 bits per heavy atom. The molecule has 0 aromatic carbocycles. The van der Waals surface area contributed by atoms with Gasteiger partial charge in [-0.3, -0.25) is 4.99 Å². The molecule has 1 N–H and O–H groups in total. The van der Waals surface area contributed by atoms with Crippen LogP contribution in [0.1, 0.15) is 71.6 Å². The summed E-state index contributed by atoms with van der Waals surface area (Å²) in [5.41, 5.74) is 0.928. The van der Waals surface area contributed by atoms with Crippen LogP contribution in [0.15, 0.2) is 4.99 Å². The lowest BCUT2D eigenvalue weighted by Gasteiger charge is -2.35. The van der Waals surface area contributed by atoms with Crippen LogP contribution in [0.25, 0.3) is 0 Å². The van der Waals surface area contributed by atoms with Crippen LogP contribution >= 0.6 is 11.8 Å². The second-order valence-corrected chi connectivity index (χ2v) is 8.52. The zero-order valence-corrected chi connectivity index (χ0v) is 14.0. The molecular weight excluding hydrogens is 264 g/mol. The molecule has 0 radical (unpaired) electrons. The average molecular weight is 295 g/mol. The summed E-state index contributed by atoms with van der Waals surface area (Å²) in [4.78, 5) is 4.99. The third kappa shape index (κ3) is 3.03. The van der Waals surface area contributed by atoms with Gasteiger partial charge < -0.3 is 5.32 Å². The van der Waals surface area contributed by atoms with Gasteiger partial charge in [0.05, 0.1) is 0 Å². The highest BCUT2D eigenvalue weighted by molar-refractivity contribution is 8.14. The predicted molar refractivity (Wildman–Crippen MR) is 89.5 cm³/mol. The highest BCUT2D eigenvalue weighted by Gasteiger charge is 2.40. The number of hydrogen-bond acceptors (Lipinski definition) is 2. The van der Waals surface area contributed by atoms with Gasteiger partial charge in [0, 0.05) is 17.8 Å². The van der Waals surface area contributed by atoms with Crippen molar-refractivity contribution in [2.24, 2.45) is 16.3 Å². The fourth-order valence-electron chi connectivity index (χ4n) is 4.16. The molecule has 3 rings (SSSR count). The zero-order chi connectivity index (χ0) is 14.1. The van der Waals surface area contributed by atoms with Crippen LogP contribution in [-0.2, 0) is 0 Å². The van der Waals surface area contributed by atoms with Crippen LogP contribution in [0.3, 0.4) is 0 Å². The normalized spacial score (nSPS) is 38.5. The summed E-state index contributed by atoms with van der Waals surface area (Å²) in [6.45, 7) is 5.81. The molecule has 1 spiro atoms. The van der Waals surface area contributed by atoms with Crippen molar-refractivity contribution in [1.82, 2.24) is 5.32 Å². The smallest absolute Gasteiger partial charge is 0.157 e. The Bertz CT molecular complexity index is 363. The van der Waals surface area contributed by atoms with E-state index in [4.69, 9.17) is 4.99 Å². The van der Waals surface area contributed by atoms with Crippen molar-refractivity contribution in [3.8, 4) is 0 Å². The lowest BCUT2D eigenvalue weighted by atomic mass is 9.78. The molecule has 3 aliphatic rings. The summed E-state index contributed by atoms with van der Waals surface area (Å²) >= 11 is 1.98. The zero-order valence-electron chi connectivity index (χ0n) is 13.2. The Kier molecular flexibility index (Phi) is 4.35. The summed E-state index contributed by atoms with van der Waals surface area (Å²) in [5.74, 6) is 2.17. The molecule has 0 amide bonds. The summed E-state index contributed by atoms with van der Waals surface area (Å²) in [6, 6.07) is 0. The number of amidine groups is 1. The topological polar surface area (TPSA) is 24.4 Å². The van der Waals surface area contributed by atoms with Crippen molar-refractivity contribution < 1.29 is 0 Å². The van der Waals surface area contributed by atoms with E-state index in [0.717, 1.165) is 12.5 Å². The van der Waals surface area contributed by atoms with Gasteiger partial charge in [-0.05, 0) is 56.3 Å². The monoisotopic (exact) mass is 294 g/mol. The summed E-state index contributed by atoms with van der Waals surface area (Å²) in [7, 11) is 0. The van der Waals surface area contributed by atoms with Crippen molar-refractivity contribution in [1.29, 1.82) is 0 Å². The molecule has 0 unspecified atom stereocenters. The Morgan fingerprint density at radius 3 is 2.55 bits per heavy atom. The maximum absolute atomic E-state index is 4.99. The van der Waals surface area contributed by atoms with E-state index >= 15 is 0 Å². The van der Waals surface area contributed by atoms with E-state index in [1.165, 1.54) is 68.7 Å². The fourth-order valence-corrected chi connectivity index (χ4v) is 5.38. The van der Waals surface area contributed by atoms with Gasteiger partial charge in [-0.1, -0.05) is 38.5 Å². The van der Waals surface area contributed by atoms with Crippen LogP contribution in [0.4, 0.5) is 0 Å². The largest absolute Gasteiger partial charge is 0.359 e. The minimum atomic E-state index is 0.394.